The molecular weight excluding hydrogens is 502 g/mol. The highest BCUT2D eigenvalue weighted by molar-refractivity contribution is 7.10. The van der Waals surface area contributed by atoms with Gasteiger partial charge < -0.3 is 19.7 Å². The van der Waals surface area contributed by atoms with E-state index in [9.17, 15) is 14.4 Å². The molecule has 2 aliphatic rings. The number of nitrogens with zero attached hydrogens (tertiary/aromatic N) is 2. The number of likely N-dealkylation sites (tertiary alicyclic amines) is 1. The number of methoxy groups -OCH3 is 1. The van der Waals surface area contributed by atoms with Crippen LogP contribution < -0.4 is 10.1 Å². The first-order valence-corrected chi connectivity index (χ1v) is 13.6. The third-order valence-electron chi connectivity index (χ3n) is 7.23. The first-order chi connectivity index (χ1) is 18.5. The zero-order valence-corrected chi connectivity index (χ0v) is 22.1. The summed E-state index contributed by atoms with van der Waals surface area (Å²) >= 11 is 1.57. The van der Waals surface area contributed by atoms with E-state index in [1.165, 1.54) is 0 Å². The van der Waals surface area contributed by atoms with Crippen LogP contribution in [0.5, 0.6) is 5.75 Å². The van der Waals surface area contributed by atoms with Crippen molar-refractivity contribution in [3.8, 4) is 5.75 Å². The van der Waals surface area contributed by atoms with Crippen LogP contribution in [0.15, 0.2) is 72.1 Å². The maximum absolute atomic E-state index is 13.9. The van der Waals surface area contributed by atoms with Gasteiger partial charge in [0.05, 0.1) is 20.1 Å². The molecule has 0 saturated carbocycles. The molecular formula is C29H31N3O5S. The summed E-state index contributed by atoms with van der Waals surface area (Å²) in [5, 5.41) is 4.94. The van der Waals surface area contributed by atoms with Crippen LogP contribution in [0.1, 0.15) is 33.6 Å². The van der Waals surface area contributed by atoms with Crippen molar-refractivity contribution in [2.24, 2.45) is 0 Å². The summed E-state index contributed by atoms with van der Waals surface area (Å²) in [6.07, 6.45) is 1.24. The average molecular weight is 534 g/mol. The summed E-state index contributed by atoms with van der Waals surface area (Å²) in [5.41, 5.74) is 0.471. The lowest BCUT2D eigenvalue weighted by Crippen LogP contribution is -2.59. The lowest BCUT2D eigenvalue weighted by atomic mass is 9.96. The average Bonchev–Trinajstić information content (AvgIpc) is 3.60. The van der Waals surface area contributed by atoms with Gasteiger partial charge in [-0.1, -0.05) is 36.4 Å². The number of nitrogens with one attached hydrogen (secondary N) is 1. The van der Waals surface area contributed by atoms with Crippen LogP contribution in [0.3, 0.4) is 0 Å². The summed E-state index contributed by atoms with van der Waals surface area (Å²) < 4.78 is 11.5. The minimum atomic E-state index is -0.953. The third-order valence-corrected chi connectivity index (χ3v) is 8.11. The fraction of sp³-hybridized carbons (Fsp3) is 0.345. The molecule has 2 aliphatic heterocycles. The molecule has 38 heavy (non-hydrogen) atoms. The summed E-state index contributed by atoms with van der Waals surface area (Å²) in [7, 11) is 1.57. The van der Waals surface area contributed by atoms with Crippen molar-refractivity contribution in [3.63, 3.8) is 0 Å². The topological polar surface area (TPSA) is 88.2 Å². The van der Waals surface area contributed by atoms with Crippen LogP contribution in [0, 0.1) is 0 Å². The van der Waals surface area contributed by atoms with Gasteiger partial charge in [0.15, 0.2) is 0 Å². The number of amides is 3. The van der Waals surface area contributed by atoms with Crippen LogP contribution in [0.4, 0.5) is 0 Å². The van der Waals surface area contributed by atoms with Crippen LogP contribution in [0.25, 0.3) is 0 Å². The summed E-state index contributed by atoms with van der Waals surface area (Å²) in [6.45, 7) is 1.37. The number of carbonyl (C=O) groups is 3. The molecule has 2 saturated heterocycles. The van der Waals surface area contributed by atoms with Gasteiger partial charge in [0.1, 0.15) is 17.5 Å². The van der Waals surface area contributed by atoms with Gasteiger partial charge in [0.25, 0.3) is 5.91 Å². The Labute approximate surface area is 226 Å². The molecule has 3 aromatic rings. The number of carbonyl (C=O) groups excluding carboxylic acids is 3. The molecule has 1 spiro atoms. The summed E-state index contributed by atoms with van der Waals surface area (Å²) in [5.74, 6) is 0.168. The minimum absolute atomic E-state index is 0.0606. The Hall–Kier alpha value is -3.69. The Morgan fingerprint density at radius 3 is 2.42 bits per heavy atom. The third kappa shape index (κ3) is 5.44. The second-order valence-corrected chi connectivity index (χ2v) is 10.5. The van der Waals surface area contributed by atoms with E-state index in [2.05, 4.69) is 5.32 Å². The SMILES string of the molecule is COc1ccc(C(=O)N2C(C(=O)NCc3ccccc3)COC23CCN(C(=O)Cc2cccs2)CC3)cc1. The maximum atomic E-state index is 13.9. The Balaban J connectivity index is 1.34. The molecule has 3 amide bonds. The molecule has 198 valence electrons. The molecule has 1 atom stereocenters. The maximum Gasteiger partial charge on any atom is 0.256 e. The molecule has 1 unspecified atom stereocenters. The number of hydrogen-bond acceptors (Lipinski definition) is 6. The van der Waals surface area contributed by atoms with Crippen molar-refractivity contribution in [2.45, 2.75) is 37.6 Å². The lowest BCUT2D eigenvalue weighted by molar-refractivity contribution is -0.143. The van der Waals surface area contributed by atoms with Crippen molar-refractivity contribution >= 4 is 29.1 Å². The standard InChI is InChI=1S/C29H31N3O5S/c1-36-23-11-9-22(10-12-23)28(35)32-25(27(34)30-19-21-6-3-2-4-7-21)20-37-29(32)13-15-31(16-14-29)26(33)18-24-8-5-17-38-24/h2-12,17,25H,13-16,18-20H2,1H3,(H,30,34). The van der Waals surface area contributed by atoms with E-state index in [1.54, 1.807) is 47.6 Å². The highest BCUT2D eigenvalue weighted by Crippen LogP contribution is 2.39. The minimum Gasteiger partial charge on any atom is -0.497 e. The fourth-order valence-corrected chi connectivity index (χ4v) is 5.82. The van der Waals surface area contributed by atoms with Gasteiger partial charge in [0.2, 0.25) is 11.8 Å². The number of benzene rings is 2. The Bertz CT molecular complexity index is 1260. The molecule has 0 aliphatic carbocycles. The molecule has 0 bridgehead atoms. The van der Waals surface area contributed by atoms with E-state index in [0.29, 0.717) is 50.2 Å². The van der Waals surface area contributed by atoms with Gasteiger partial charge >= 0.3 is 0 Å². The van der Waals surface area contributed by atoms with E-state index in [4.69, 9.17) is 9.47 Å². The zero-order chi connectivity index (χ0) is 26.5. The first-order valence-electron chi connectivity index (χ1n) is 12.7. The molecule has 8 nitrogen and oxygen atoms in total. The highest BCUT2D eigenvalue weighted by atomic mass is 32.1. The molecule has 9 heteroatoms. The molecule has 1 N–H and O–H groups in total. The van der Waals surface area contributed by atoms with Gasteiger partial charge in [-0.3, -0.25) is 19.3 Å². The number of piperidine rings is 1. The summed E-state index contributed by atoms with van der Waals surface area (Å²) in [4.78, 5) is 44.6. The van der Waals surface area contributed by atoms with Crippen molar-refractivity contribution in [2.75, 3.05) is 26.8 Å². The van der Waals surface area contributed by atoms with E-state index in [0.717, 1.165) is 10.4 Å². The molecule has 1 aromatic heterocycles. The monoisotopic (exact) mass is 533 g/mol. The Kier molecular flexibility index (Phi) is 7.76. The highest BCUT2D eigenvalue weighted by Gasteiger charge is 2.54. The van der Waals surface area contributed by atoms with Gasteiger partial charge in [-0.15, -0.1) is 11.3 Å². The van der Waals surface area contributed by atoms with Gasteiger partial charge in [-0.25, -0.2) is 0 Å². The normalized spacial score (nSPS) is 18.4. The van der Waals surface area contributed by atoms with Crippen LogP contribution >= 0.6 is 11.3 Å². The van der Waals surface area contributed by atoms with Crippen molar-refractivity contribution < 1.29 is 23.9 Å². The Morgan fingerprint density at radius 2 is 1.76 bits per heavy atom. The first kappa shape index (κ1) is 25.9. The van der Waals surface area contributed by atoms with Gasteiger partial charge in [0, 0.05) is 42.9 Å². The van der Waals surface area contributed by atoms with Crippen molar-refractivity contribution in [3.05, 3.63) is 88.1 Å². The predicted octanol–water partition coefficient (Wildman–Crippen LogP) is 3.48. The van der Waals surface area contributed by atoms with E-state index < -0.39 is 11.8 Å². The second kappa shape index (κ2) is 11.4. The molecule has 5 rings (SSSR count). The molecule has 2 fully saturated rings. The second-order valence-electron chi connectivity index (χ2n) is 9.52. The molecule has 2 aromatic carbocycles. The van der Waals surface area contributed by atoms with Crippen LogP contribution in [-0.4, -0.2) is 66.1 Å². The fourth-order valence-electron chi connectivity index (χ4n) is 5.12. The molecule has 0 radical (unpaired) electrons. The number of thiophene rings is 1. The van der Waals surface area contributed by atoms with E-state index in [1.807, 2.05) is 52.7 Å². The zero-order valence-electron chi connectivity index (χ0n) is 21.3. The quantitative estimate of drug-likeness (QED) is 0.503. The van der Waals surface area contributed by atoms with E-state index in [-0.39, 0.29) is 24.3 Å². The summed E-state index contributed by atoms with van der Waals surface area (Å²) in [6, 6.07) is 19.6. The van der Waals surface area contributed by atoms with Crippen molar-refractivity contribution in [1.29, 1.82) is 0 Å². The number of ether oxygens (including phenoxy) is 2. The lowest BCUT2D eigenvalue weighted by Gasteiger charge is -2.44. The van der Waals surface area contributed by atoms with E-state index >= 15 is 0 Å². The van der Waals surface area contributed by atoms with Crippen LogP contribution in [0.2, 0.25) is 0 Å². The number of hydrogen-bond donors (Lipinski definition) is 1. The molecule has 3 heterocycles. The predicted molar refractivity (Wildman–Crippen MR) is 144 cm³/mol. The van der Waals surface area contributed by atoms with Crippen molar-refractivity contribution in [1.82, 2.24) is 15.1 Å². The smallest absolute Gasteiger partial charge is 0.256 e. The van der Waals surface area contributed by atoms with Gasteiger partial charge in [-0.05, 0) is 41.3 Å². The largest absolute Gasteiger partial charge is 0.497 e. The number of rotatable bonds is 7. The van der Waals surface area contributed by atoms with Crippen LogP contribution in [-0.2, 0) is 27.3 Å². The van der Waals surface area contributed by atoms with Gasteiger partial charge in [-0.2, -0.15) is 0 Å². The Morgan fingerprint density at radius 1 is 1.03 bits per heavy atom.